The van der Waals surface area contributed by atoms with Crippen LogP contribution in [0.25, 0.3) is 11.0 Å². The number of imidazole rings is 2. The van der Waals surface area contributed by atoms with Crippen LogP contribution >= 0.6 is 0 Å². The van der Waals surface area contributed by atoms with Crippen LogP contribution < -0.4 is 0 Å². The van der Waals surface area contributed by atoms with Crippen LogP contribution in [0.2, 0.25) is 0 Å². The monoisotopic (exact) mass is 348 g/mol. The van der Waals surface area contributed by atoms with Gasteiger partial charge in [-0.05, 0) is 49.8 Å². The number of nitrogens with zero attached hydrogens (tertiary/aromatic N) is 4. The summed E-state index contributed by atoms with van der Waals surface area (Å²) in [6.45, 7) is 2.62. The maximum absolute atomic E-state index is 5.62. The first kappa shape index (κ1) is 15.0. The molecule has 0 radical (unpaired) electrons. The van der Waals surface area contributed by atoms with Crippen molar-refractivity contribution in [2.75, 3.05) is 13.2 Å². The summed E-state index contributed by atoms with van der Waals surface area (Å²) in [6, 6.07) is 7.39. The van der Waals surface area contributed by atoms with Gasteiger partial charge in [-0.2, -0.15) is 0 Å². The van der Waals surface area contributed by atoms with E-state index in [4.69, 9.17) is 9.72 Å². The van der Waals surface area contributed by atoms with Crippen LogP contribution in [-0.2, 0) is 11.3 Å². The quantitative estimate of drug-likeness (QED) is 0.700. The molecule has 1 unspecified atom stereocenters. The molecule has 3 fully saturated rings. The molecule has 1 atom stereocenters. The summed E-state index contributed by atoms with van der Waals surface area (Å²) in [7, 11) is 0. The third kappa shape index (κ3) is 2.49. The Morgan fingerprint density at radius 1 is 1.00 bits per heavy atom. The first-order chi connectivity index (χ1) is 12.9. The van der Waals surface area contributed by atoms with Gasteiger partial charge in [-0.15, -0.1) is 0 Å². The van der Waals surface area contributed by atoms with Crippen molar-refractivity contribution in [3.05, 3.63) is 47.8 Å². The minimum atomic E-state index is 0.491. The first-order valence-corrected chi connectivity index (χ1v) is 9.95. The van der Waals surface area contributed by atoms with Gasteiger partial charge in [0.05, 0.1) is 36.0 Å². The molecule has 0 N–H and O–H groups in total. The number of fused-ring (bicyclic) bond motifs is 1. The molecule has 5 heteroatoms. The second-order valence-corrected chi connectivity index (χ2v) is 8.18. The summed E-state index contributed by atoms with van der Waals surface area (Å²) in [5, 5.41) is 0. The third-order valence-electron chi connectivity index (χ3n) is 6.12. The molecule has 3 heterocycles. The van der Waals surface area contributed by atoms with Crippen molar-refractivity contribution in [3.63, 3.8) is 0 Å². The van der Waals surface area contributed by atoms with Crippen molar-refractivity contribution in [2.24, 2.45) is 0 Å². The molecule has 2 aliphatic carbocycles. The smallest absolute Gasteiger partial charge is 0.0960 e. The van der Waals surface area contributed by atoms with Gasteiger partial charge in [-0.25, -0.2) is 9.97 Å². The Hall–Kier alpha value is -2.14. The van der Waals surface area contributed by atoms with Gasteiger partial charge in [0.2, 0.25) is 0 Å². The zero-order valence-corrected chi connectivity index (χ0v) is 15.0. The fraction of sp³-hybridized carbons (Fsp3) is 0.524. The molecule has 3 aromatic rings. The summed E-state index contributed by atoms with van der Waals surface area (Å²) >= 11 is 0. The highest BCUT2D eigenvalue weighted by Crippen LogP contribution is 2.44. The maximum Gasteiger partial charge on any atom is 0.0960 e. The number of benzene rings is 1. The third-order valence-corrected chi connectivity index (χ3v) is 6.12. The maximum atomic E-state index is 5.62. The molecule has 1 aliphatic heterocycles. The lowest BCUT2D eigenvalue weighted by Crippen LogP contribution is -2.07. The summed E-state index contributed by atoms with van der Waals surface area (Å²) in [4.78, 5) is 9.40. The molecule has 0 spiro atoms. The zero-order chi connectivity index (χ0) is 17.1. The van der Waals surface area contributed by atoms with Crippen molar-refractivity contribution < 1.29 is 4.74 Å². The molecule has 1 aromatic carbocycles. The van der Waals surface area contributed by atoms with Gasteiger partial charge >= 0.3 is 0 Å². The summed E-state index contributed by atoms with van der Waals surface area (Å²) in [5.74, 6) is 1.19. The Kier molecular flexibility index (Phi) is 3.27. The van der Waals surface area contributed by atoms with Gasteiger partial charge in [0.15, 0.2) is 0 Å². The number of hydrogen-bond donors (Lipinski definition) is 0. The van der Waals surface area contributed by atoms with Gasteiger partial charge < -0.3 is 13.9 Å². The number of rotatable bonds is 5. The molecule has 134 valence electrons. The topological polar surface area (TPSA) is 44.9 Å². The van der Waals surface area contributed by atoms with Crippen molar-refractivity contribution in [1.82, 2.24) is 19.1 Å². The average Bonchev–Trinajstić information content (AvgIpc) is 3.54. The Morgan fingerprint density at radius 2 is 1.92 bits per heavy atom. The SMILES string of the molecule is c1cc2ncn(C3CC3)c2cc1Cn1cnc(C2CCOC2)c1C1CC1. The second kappa shape index (κ2) is 5.68. The Bertz CT molecular complexity index is 958. The largest absolute Gasteiger partial charge is 0.381 e. The van der Waals surface area contributed by atoms with E-state index in [-0.39, 0.29) is 0 Å². The Morgan fingerprint density at radius 3 is 2.69 bits per heavy atom. The van der Waals surface area contributed by atoms with E-state index < -0.39 is 0 Å². The molecule has 2 saturated carbocycles. The number of aromatic nitrogens is 4. The minimum Gasteiger partial charge on any atom is -0.381 e. The molecule has 0 bridgehead atoms. The first-order valence-electron chi connectivity index (χ1n) is 9.95. The molecular weight excluding hydrogens is 324 g/mol. The molecule has 3 aliphatic rings. The van der Waals surface area contributed by atoms with Crippen LogP contribution in [0.5, 0.6) is 0 Å². The second-order valence-electron chi connectivity index (χ2n) is 8.18. The summed E-state index contributed by atoms with van der Waals surface area (Å²) in [5.41, 5.74) is 6.50. The molecule has 26 heavy (non-hydrogen) atoms. The molecule has 2 aromatic heterocycles. The van der Waals surface area contributed by atoms with Gasteiger partial charge in [-0.1, -0.05) is 6.07 Å². The predicted molar refractivity (Wildman–Crippen MR) is 99.5 cm³/mol. The van der Waals surface area contributed by atoms with E-state index in [1.807, 2.05) is 6.33 Å². The summed E-state index contributed by atoms with van der Waals surface area (Å²) in [6.07, 6.45) is 10.4. The van der Waals surface area contributed by atoms with Crippen molar-refractivity contribution >= 4 is 11.0 Å². The highest BCUT2D eigenvalue weighted by Gasteiger charge is 2.34. The lowest BCUT2D eigenvalue weighted by molar-refractivity contribution is 0.193. The molecule has 5 nitrogen and oxygen atoms in total. The average molecular weight is 348 g/mol. The van der Waals surface area contributed by atoms with E-state index in [9.17, 15) is 0 Å². The number of ether oxygens (including phenoxy) is 1. The van der Waals surface area contributed by atoms with Crippen LogP contribution in [0.3, 0.4) is 0 Å². The van der Waals surface area contributed by atoms with Crippen LogP contribution in [-0.4, -0.2) is 32.3 Å². The highest BCUT2D eigenvalue weighted by atomic mass is 16.5. The number of hydrogen-bond acceptors (Lipinski definition) is 3. The van der Waals surface area contributed by atoms with E-state index in [0.717, 1.165) is 31.7 Å². The van der Waals surface area contributed by atoms with E-state index in [1.165, 1.54) is 48.2 Å². The fourth-order valence-corrected chi connectivity index (χ4v) is 4.41. The van der Waals surface area contributed by atoms with Gasteiger partial charge in [0, 0.05) is 36.7 Å². The predicted octanol–water partition coefficient (Wildman–Crippen LogP) is 4.00. The molecule has 1 saturated heterocycles. The van der Waals surface area contributed by atoms with Gasteiger partial charge in [0.25, 0.3) is 0 Å². The fourth-order valence-electron chi connectivity index (χ4n) is 4.41. The van der Waals surface area contributed by atoms with Crippen molar-refractivity contribution in [2.45, 2.75) is 56.5 Å². The van der Waals surface area contributed by atoms with Gasteiger partial charge in [-0.3, -0.25) is 0 Å². The minimum absolute atomic E-state index is 0.491. The van der Waals surface area contributed by atoms with Crippen molar-refractivity contribution in [3.8, 4) is 0 Å². The van der Waals surface area contributed by atoms with E-state index in [0.29, 0.717) is 17.9 Å². The molecule has 6 rings (SSSR count). The Labute approximate surface area is 153 Å². The highest BCUT2D eigenvalue weighted by molar-refractivity contribution is 5.76. The van der Waals surface area contributed by atoms with Crippen LogP contribution in [0.4, 0.5) is 0 Å². The Balaban J connectivity index is 1.35. The van der Waals surface area contributed by atoms with E-state index in [2.05, 4.69) is 38.6 Å². The zero-order valence-electron chi connectivity index (χ0n) is 15.0. The lowest BCUT2D eigenvalue weighted by Gasteiger charge is -2.12. The lowest BCUT2D eigenvalue weighted by atomic mass is 10.0. The van der Waals surface area contributed by atoms with Crippen LogP contribution in [0.15, 0.2) is 30.9 Å². The van der Waals surface area contributed by atoms with Crippen LogP contribution in [0.1, 0.15) is 66.9 Å². The van der Waals surface area contributed by atoms with Gasteiger partial charge in [0.1, 0.15) is 0 Å². The summed E-state index contributed by atoms with van der Waals surface area (Å²) < 4.78 is 10.4. The van der Waals surface area contributed by atoms with E-state index in [1.54, 1.807) is 0 Å². The van der Waals surface area contributed by atoms with E-state index >= 15 is 0 Å². The molecular formula is C21H24N4O. The standard InChI is InChI=1S/C21H24N4O/c1-6-18-19(25(13-22-18)17-4-5-17)9-14(1)10-24-12-23-20(16-7-8-26-11-16)21(24)15-2-3-15/h1,6,9,12-13,15-17H,2-5,7-8,10-11H2. The van der Waals surface area contributed by atoms with Crippen molar-refractivity contribution in [1.29, 1.82) is 0 Å². The normalized spacial score (nSPS) is 23.2. The van der Waals surface area contributed by atoms with Crippen LogP contribution in [0, 0.1) is 0 Å². The molecule has 0 amide bonds.